The third-order valence-corrected chi connectivity index (χ3v) is 2.17. The van der Waals surface area contributed by atoms with Crippen LogP contribution in [0.5, 0.6) is 0 Å². The second kappa shape index (κ2) is 3.36. The molecule has 11 heavy (non-hydrogen) atoms. The van der Waals surface area contributed by atoms with Crippen LogP contribution in [-0.4, -0.2) is 20.2 Å². The van der Waals surface area contributed by atoms with Crippen LogP contribution >= 0.6 is 15.9 Å². The van der Waals surface area contributed by atoms with Crippen LogP contribution in [0.1, 0.15) is 17.4 Å². The summed E-state index contributed by atoms with van der Waals surface area (Å²) in [7, 11) is 1.84. The van der Waals surface area contributed by atoms with Crippen molar-refractivity contribution in [3.05, 3.63) is 17.5 Å². The molecule has 1 atom stereocenters. The Balaban J connectivity index is 2.93. The Morgan fingerprint density at radius 1 is 1.82 bits per heavy atom. The van der Waals surface area contributed by atoms with Gasteiger partial charge in [-0.05, 0) is 6.92 Å². The molecule has 0 aliphatic rings. The summed E-state index contributed by atoms with van der Waals surface area (Å²) < 4.78 is 1.70. The summed E-state index contributed by atoms with van der Waals surface area (Å²) in [4.78, 5) is 0. The first kappa shape index (κ1) is 8.74. The average molecular weight is 219 g/mol. The number of alkyl halides is 1. The predicted molar refractivity (Wildman–Crippen MR) is 46.7 cm³/mol. The van der Waals surface area contributed by atoms with Crippen LogP contribution < -0.4 is 0 Å². The number of aliphatic hydroxyl groups excluding tert-OH is 1. The molecule has 1 aromatic heterocycles. The Labute approximate surface area is 74.2 Å². The smallest absolute Gasteiger partial charge is 0.0919 e. The normalized spacial score (nSPS) is 13.5. The zero-order chi connectivity index (χ0) is 8.43. The number of aromatic nitrogens is 2. The zero-order valence-corrected chi connectivity index (χ0v) is 8.17. The van der Waals surface area contributed by atoms with Crippen LogP contribution in [0, 0.1) is 6.92 Å². The maximum absolute atomic E-state index is 9.42. The molecule has 0 aromatic carbocycles. The molecule has 0 aliphatic heterocycles. The molecule has 1 rings (SSSR count). The second-order valence-electron chi connectivity index (χ2n) is 2.51. The van der Waals surface area contributed by atoms with Gasteiger partial charge in [-0.15, -0.1) is 0 Å². The summed E-state index contributed by atoms with van der Waals surface area (Å²) in [6.45, 7) is 1.89. The van der Waals surface area contributed by atoms with E-state index in [1.165, 1.54) is 0 Å². The summed E-state index contributed by atoms with van der Waals surface area (Å²) in [6.07, 6.45) is 1.39. The van der Waals surface area contributed by atoms with Gasteiger partial charge in [0, 0.05) is 24.1 Å². The van der Waals surface area contributed by atoms with Crippen molar-refractivity contribution < 1.29 is 5.11 Å². The molecule has 1 N–H and O–H groups in total. The van der Waals surface area contributed by atoms with Crippen LogP contribution in [0.3, 0.4) is 0 Å². The summed E-state index contributed by atoms with van der Waals surface area (Å²) >= 11 is 3.21. The Bertz CT molecular complexity index is 247. The molecule has 3 nitrogen and oxygen atoms in total. The van der Waals surface area contributed by atoms with Crippen molar-refractivity contribution in [2.24, 2.45) is 7.05 Å². The number of rotatable bonds is 2. The van der Waals surface area contributed by atoms with Gasteiger partial charge in [-0.25, -0.2) is 0 Å². The molecule has 1 heterocycles. The molecule has 0 saturated carbocycles. The topological polar surface area (TPSA) is 38.0 Å². The van der Waals surface area contributed by atoms with E-state index >= 15 is 0 Å². The van der Waals surface area contributed by atoms with E-state index in [1.807, 2.05) is 20.2 Å². The average Bonchev–Trinajstić information content (AvgIpc) is 2.28. The quantitative estimate of drug-likeness (QED) is 0.758. The Morgan fingerprint density at radius 3 is 2.82 bits per heavy atom. The van der Waals surface area contributed by atoms with E-state index in [0.717, 1.165) is 11.3 Å². The van der Waals surface area contributed by atoms with Crippen molar-refractivity contribution in [3.63, 3.8) is 0 Å². The Hall–Kier alpha value is -0.350. The lowest BCUT2D eigenvalue weighted by molar-refractivity contribution is 0.204. The van der Waals surface area contributed by atoms with Gasteiger partial charge in [0.1, 0.15) is 0 Å². The number of aliphatic hydroxyl groups is 1. The highest BCUT2D eigenvalue weighted by Gasteiger charge is 2.11. The van der Waals surface area contributed by atoms with Gasteiger partial charge in [-0.2, -0.15) is 5.10 Å². The fourth-order valence-electron chi connectivity index (χ4n) is 1.03. The molecule has 0 spiro atoms. The summed E-state index contributed by atoms with van der Waals surface area (Å²) in [5, 5.41) is 14.1. The summed E-state index contributed by atoms with van der Waals surface area (Å²) in [5.41, 5.74) is 1.78. The number of halogens is 1. The molecule has 1 aromatic rings. The van der Waals surface area contributed by atoms with E-state index in [-0.39, 0.29) is 0 Å². The number of aryl methyl sites for hydroxylation is 2. The third-order valence-electron chi connectivity index (χ3n) is 1.56. The molecule has 0 bridgehead atoms. The van der Waals surface area contributed by atoms with E-state index in [0.29, 0.717) is 5.33 Å². The molecule has 0 unspecified atom stereocenters. The molecule has 0 amide bonds. The standard InChI is InChI=1S/C7H11BrN2O/c1-5-6(7(11)3-8)4-10(2)9-5/h4,7,11H,3H2,1-2H3/t7-/m1/s1. The zero-order valence-electron chi connectivity index (χ0n) is 6.58. The number of nitrogens with zero attached hydrogens (tertiary/aromatic N) is 2. The lowest BCUT2D eigenvalue weighted by Gasteiger charge is -2.02. The number of hydrogen-bond acceptors (Lipinski definition) is 2. The highest BCUT2D eigenvalue weighted by molar-refractivity contribution is 9.09. The van der Waals surface area contributed by atoms with Gasteiger partial charge in [0.2, 0.25) is 0 Å². The monoisotopic (exact) mass is 218 g/mol. The van der Waals surface area contributed by atoms with Gasteiger partial charge in [0.05, 0.1) is 11.8 Å². The van der Waals surface area contributed by atoms with E-state index < -0.39 is 6.10 Å². The minimum absolute atomic E-state index is 0.441. The number of hydrogen-bond donors (Lipinski definition) is 1. The van der Waals surface area contributed by atoms with Crippen molar-refractivity contribution in [2.75, 3.05) is 5.33 Å². The van der Waals surface area contributed by atoms with Crippen molar-refractivity contribution in [3.8, 4) is 0 Å². The molecule has 0 aliphatic carbocycles. The SMILES string of the molecule is Cc1nn(C)cc1[C@H](O)CBr. The van der Waals surface area contributed by atoms with Gasteiger partial charge < -0.3 is 5.11 Å². The molecule has 0 radical (unpaired) electrons. The van der Waals surface area contributed by atoms with E-state index in [4.69, 9.17) is 0 Å². The maximum atomic E-state index is 9.42. The van der Waals surface area contributed by atoms with Crippen LogP contribution in [0.4, 0.5) is 0 Å². The van der Waals surface area contributed by atoms with Gasteiger partial charge in [0.15, 0.2) is 0 Å². The fourth-order valence-corrected chi connectivity index (χ4v) is 1.38. The largest absolute Gasteiger partial charge is 0.387 e. The van der Waals surface area contributed by atoms with E-state index in [9.17, 15) is 5.11 Å². The third kappa shape index (κ3) is 1.81. The van der Waals surface area contributed by atoms with Gasteiger partial charge in [0.25, 0.3) is 0 Å². The lowest BCUT2D eigenvalue weighted by Crippen LogP contribution is -1.98. The first-order valence-corrected chi connectivity index (χ1v) is 4.51. The van der Waals surface area contributed by atoms with E-state index in [1.54, 1.807) is 4.68 Å². The van der Waals surface area contributed by atoms with Crippen molar-refractivity contribution in [1.29, 1.82) is 0 Å². The Morgan fingerprint density at radius 2 is 2.45 bits per heavy atom. The molecular weight excluding hydrogens is 208 g/mol. The molecular formula is C7H11BrN2O. The van der Waals surface area contributed by atoms with Crippen LogP contribution in [-0.2, 0) is 7.05 Å². The van der Waals surface area contributed by atoms with Crippen LogP contribution in [0.15, 0.2) is 6.20 Å². The molecule has 0 fully saturated rings. The predicted octanol–water partition coefficient (Wildman–Crippen LogP) is 1.16. The highest BCUT2D eigenvalue weighted by Crippen LogP contribution is 2.17. The maximum Gasteiger partial charge on any atom is 0.0919 e. The first-order valence-electron chi connectivity index (χ1n) is 3.39. The van der Waals surface area contributed by atoms with Crippen molar-refractivity contribution >= 4 is 15.9 Å². The van der Waals surface area contributed by atoms with Crippen LogP contribution in [0.2, 0.25) is 0 Å². The molecule has 62 valence electrons. The highest BCUT2D eigenvalue weighted by atomic mass is 79.9. The molecule has 4 heteroatoms. The second-order valence-corrected chi connectivity index (χ2v) is 3.16. The Kier molecular flexibility index (Phi) is 2.67. The van der Waals surface area contributed by atoms with Crippen molar-refractivity contribution in [1.82, 2.24) is 9.78 Å². The van der Waals surface area contributed by atoms with Gasteiger partial charge >= 0.3 is 0 Å². The molecule has 0 saturated heterocycles. The fraction of sp³-hybridized carbons (Fsp3) is 0.571. The minimum Gasteiger partial charge on any atom is -0.387 e. The van der Waals surface area contributed by atoms with E-state index in [2.05, 4.69) is 21.0 Å². The summed E-state index contributed by atoms with van der Waals surface area (Å²) in [6, 6.07) is 0. The van der Waals surface area contributed by atoms with Crippen LogP contribution in [0.25, 0.3) is 0 Å². The first-order chi connectivity index (χ1) is 5.15. The summed E-state index contributed by atoms with van der Waals surface area (Å²) in [5.74, 6) is 0. The van der Waals surface area contributed by atoms with Gasteiger partial charge in [-0.3, -0.25) is 4.68 Å². The minimum atomic E-state index is -0.441. The van der Waals surface area contributed by atoms with Crippen molar-refractivity contribution in [2.45, 2.75) is 13.0 Å². The van der Waals surface area contributed by atoms with Gasteiger partial charge in [-0.1, -0.05) is 15.9 Å². The lowest BCUT2D eigenvalue weighted by atomic mass is 10.2.